The van der Waals surface area contributed by atoms with Crippen molar-refractivity contribution in [2.75, 3.05) is 5.73 Å². The number of hydrogen-bond donors (Lipinski definition) is 1. The lowest BCUT2D eigenvalue weighted by atomic mass is 10.0. The molecule has 108 valence electrons. The van der Waals surface area contributed by atoms with E-state index in [9.17, 15) is 5.26 Å². The van der Waals surface area contributed by atoms with Gasteiger partial charge in [-0.3, -0.25) is 0 Å². The van der Waals surface area contributed by atoms with Crippen LogP contribution in [0.1, 0.15) is 5.56 Å². The summed E-state index contributed by atoms with van der Waals surface area (Å²) in [5, 5.41) is 10.2. The van der Waals surface area contributed by atoms with Gasteiger partial charge in [-0.05, 0) is 30.3 Å². The summed E-state index contributed by atoms with van der Waals surface area (Å²) in [7, 11) is 0. The first kappa shape index (κ1) is 14.5. The van der Waals surface area contributed by atoms with E-state index in [-0.39, 0.29) is 11.4 Å². The summed E-state index contributed by atoms with van der Waals surface area (Å²) in [6.07, 6.45) is 1.53. The van der Waals surface area contributed by atoms with Crippen LogP contribution in [-0.2, 0) is 0 Å². The third kappa shape index (κ3) is 2.52. The maximum Gasteiger partial charge on any atom is 0.142 e. The summed E-state index contributed by atoms with van der Waals surface area (Å²) in [5.74, 6) is 0.685. The zero-order valence-corrected chi connectivity index (χ0v) is 12.7. The minimum absolute atomic E-state index is 0.137. The van der Waals surface area contributed by atoms with Crippen molar-refractivity contribution < 1.29 is 4.42 Å². The molecule has 3 aromatic rings. The number of anilines is 1. The minimum atomic E-state index is 0.137. The van der Waals surface area contributed by atoms with E-state index in [2.05, 4.69) is 11.1 Å². The number of pyridine rings is 1. The average Bonchev–Trinajstić information content (AvgIpc) is 3.03. The van der Waals surface area contributed by atoms with Crippen molar-refractivity contribution in [1.29, 1.82) is 5.26 Å². The predicted molar refractivity (Wildman–Crippen MR) is 86.5 cm³/mol. The number of rotatable bonds is 2. The molecule has 0 unspecified atom stereocenters. The standard InChI is InChI=1S/C16H9Cl2N3O/c17-12-4-3-9(6-13(12)18)14-7-10(15-2-1-5-22-15)11(8-19)16(20)21-14/h1-7H,(H2,20,21). The van der Waals surface area contributed by atoms with Crippen LogP contribution in [0.3, 0.4) is 0 Å². The Kier molecular flexibility index (Phi) is 3.76. The first-order valence-corrected chi connectivity index (χ1v) is 7.05. The van der Waals surface area contributed by atoms with E-state index in [1.807, 2.05) is 0 Å². The van der Waals surface area contributed by atoms with Crippen LogP contribution in [0.4, 0.5) is 5.82 Å². The fourth-order valence-electron chi connectivity index (χ4n) is 2.11. The summed E-state index contributed by atoms with van der Waals surface area (Å²) in [6.45, 7) is 0. The highest BCUT2D eigenvalue weighted by Crippen LogP contribution is 2.33. The Morgan fingerprint density at radius 1 is 1.14 bits per heavy atom. The summed E-state index contributed by atoms with van der Waals surface area (Å²) >= 11 is 12.0. The van der Waals surface area contributed by atoms with Crippen molar-refractivity contribution in [3.8, 4) is 28.7 Å². The van der Waals surface area contributed by atoms with Gasteiger partial charge in [-0.25, -0.2) is 4.98 Å². The zero-order chi connectivity index (χ0) is 15.7. The lowest BCUT2D eigenvalue weighted by Gasteiger charge is -2.09. The molecular formula is C16H9Cl2N3O. The molecule has 2 aromatic heterocycles. The van der Waals surface area contributed by atoms with Gasteiger partial charge in [0.05, 0.1) is 22.0 Å². The highest BCUT2D eigenvalue weighted by atomic mass is 35.5. The van der Waals surface area contributed by atoms with E-state index in [0.29, 0.717) is 27.1 Å². The van der Waals surface area contributed by atoms with E-state index in [0.717, 1.165) is 5.56 Å². The molecule has 6 heteroatoms. The number of benzene rings is 1. The van der Waals surface area contributed by atoms with Crippen molar-refractivity contribution in [3.63, 3.8) is 0 Å². The lowest BCUT2D eigenvalue weighted by Crippen LogP contribution is -1.99. The second-order valence-electron chi connectivity index (χ2n) is 4.53. The normalized spacial score (nSPS) is 10.4. The molecule has 4 nitrogen and oxygen atoms in total. The van der Waals surface area contributed by atoms with Gasteiger partial charge in [0.15, 0.2) is 0 Å². The van der Waals surface area contributed by atoms with Gasteiger partial charge in [-0.2, -0.15) is 5.26 Å². The highest BCUT2D eigenvalue weighted by molar-refractivity contribution is 6.42. The molecule has 0 atom stereocenters. The van der Waals surface area contributed by atoms with E-state index in [1.54, 1.807) is 36.4 Å². The van der Waals surface area contributed by atoms with Crippen LogP contribution in [0, 0.1) is 11.3 Å². The number of furan rings is 1. The number of nitriles is 1. The number of halogens is 2. The Morgan fingerprint density at radius 2 is 1.95 bits per heavy atom. The number of aromatic nitrogens is 1. The van der Waals surface area contributed by atoms with Crippen molar-refractivity contribution in [1.82, 2.24) is 4.98 Å². The lowest BCUT2D eigenvalue weighted by molar-refractivity contribution is 0.582. The summed E-state index contributed by atoms with van der Waals surface area (Å²) < 4.78 is 5.37. The Morgan fingerprint density at radius 3 is 2.59 bits per heavy atom. The van der Waals surface area contributed by atoms with E-state index in [1.165, 1.54) is 6.26 Å². The van der Waals surface area contributed by atoms with Crippen LogP contribution in [0.25, 0.3) is 22.6 Å². The molecule has 0 fully saturated rings. The fraction of sp³-hybridized carbons (Fsp3) is 0. The molecule has 0 aliphatic carbocycles. The summed E-state index contributed by atoms with van der Waals surface area (Å²) in [6, 6.07) is 12.5. The number of nitrogen functional groups attached to an aromatic ring is 1. The average molecular weight is 330 g/mol. The molecule has 0 saturated heterocycles. The Hall–Kier alpha value is -2.48. The molecule has 22 heavy (non-hydrogen) atoms. The quantitative estimate of drug-likeness (QED) is 0.734. The SMILES string of the molecule is N#Cc1c(-c2ccco2)cc(-c2ccc(Cl)c(Cl)c2)nc1N. The van der Waals surface area contributed by atoms with Gasteiger partial charge in [-0.15, -0.1) is 0 Å². The van der Waals surface area contributed by atoms with E-state index in [4.69, 9.17) is 33.4 Å². The predicted octanol–water partition coefficient (Wildman–Crippen LogP) is 4.77. The molecule has 3 rings (SSSR count). The monoisotopic (exact) mass is 329 g/mol. The molecular weight excluding hydrogens is 321 g/mol. The maximum atomic E-state index is 9.29. The molecule has 0 spiro atoms. The van der Waals surface area contributed by atoms with Gasteiger partial charge in [0, 0.05) is 11.1 Å². The molecule has 0 saturated carbocycles. The van der Waals surface area contributed by atoms with Gasteiger partial charge >= 0.3 is 0 Å². The Balaban J connectivity index is 2.22. The largest absolute Gasteiger partial charge is 0.464 e. The van der Waals surface area contributed by atoms with Crippen LogP contribution in [0.2, 0.25) is 10.0 Å². The van der Waals surface area contributed by atoms with Crippen LogP contribution in [0.15, 0.2) is 47.1 Å². The number of nitrogens with two attached hydrogens (primary N) is 1. The summed E-state index contributed by atoms with van der Waals surface area (Å²) in [5.41, 5.74) is 8.10. The zero-order valence-electron chi connectivity index (χ0n) is 11.2. The smallest absolute Gasteiger partial charge is 0.142 e. The molecule has 0 aliphatic heterocycles. The number of hydrogen-bond acceptors (Lipinski definition) is 4. The van der Waals surface area contributed by atoms with Gasteiger partial charge in [-0.1, -0.05) is 29.3 Å². The van der Waals surface area contributed by atoms with E-state index < -0.39 is 0 Å². The van der Waals surface area contributed by atoms with Crippen LogP contribution in [0.5, 0.6) is 0 Å². The topological polar surface area (TPSA) is 75.8 Å². The van der Waals surface area contributed by atoms with Crippen molar-refractivity contribution in [2.45, 2.75) is 0 Å². The minimum Gasteiger partial charge on any atom is -0.464 e. The second kappa shape index (κ2) is 5.72. The molecule has 2 heterocycles. The third-order valence-corrected chi connectivity index (χ3v) is 3.90. The van der Waals surface area contributed by atoms with Crippen molar-refractivity contribution >= 4 is 29.0 Å². The molecule has 0 amide bonds. The van der Waals surface area contributed by atoms with Crippen molar-refractivity contribution in [2.24, 2.45) is 0 Å². The molecule has 0 radical (unpaired) electrons. The first-order valence-electron chi connectivity index (χ1n) is 6.30. The van der Waals surface area contributed by atoms with Gasteiger partial charge in [0.2, 0.25) is 0 Å². The van der Waals surface area contributed by atoms with E-state index >= 15 is 0 Å². The fourth-order valence-corrected chi connectivity index (χ4v) is 2.41. The highest BCUT2D eigenvalue weighted by Gasteiger charge is 2.15. The van der Waals surface area contributed by atoms with Gasteiger partial charge < -0.3 is 10.2 Å². The van der Waals surface area contributed by atoms with Crippen LogP contribution >= 0.6 is 23.2 Å². The Labute approximate surface area is 136 Å². The molecule has 1 aromatic carbocycles. The van der Waals surface area contributed by atoms with Gasteiger partial charge in [0.25, 0.3) is 0 Å². The third-order valence-electron chi connectivity index (χ3n) is 3.16. The molecule has 0 aliphatic rings. The number of nitrogens with zero attached hydrogens (tertiary/aromatic N) is 2. The summed E-state index contributed by atoms with van der Waals surface area (Å²) in [4.78, 5) is 4.27. The first-order chi connectivity index (χ1) is 10.6. The molecule has 0 bridgehead atoms. The Bertz CT molecular complexity index is 883. The van der Waals surface area contributed by atoms with Gasteiger partial charge in [0.1, 0.15) is 23.2 Å². The molecule has 2 N–H and O–H groups in total. The van der Waals surface area contributed by atoms with Crippen LogP contribution < -0.4 is 5.73 Å². The maximum absolute atomic E-state index is 9.29. The van der Waals surface area contributed by atoms with Crippen molar-refractivity contribution in [3.05, 3.63) is 58.3 Å². The second-order valence-corrected chi connectivity index (χ2v) is 5.35. The van der Waals surface area contributed by atoms with Crippen LogP contribution in [-0.4, -0.2) is 4.98 Å².